The standard InChI is InChI=1S/C15H20N2O6S/c1-15(14(19)20)6-7-17(9-15)13(18)10-4-5-11(23-3)12(8-10)24(21,22)16-2/h4-5,8,16H,6-7,9H2,1-3H3,(H,19,20). The molecule has 0 aromatic heterocycles. The van der Waals surface area contributed by atoms with Gasteiger partial charge in [0.1, 0.15) is 10.6 Å². The van der Waals surface area contributed by atoms with Gasteiger partial charge in [0.25, 0.3) is 5.91 Å². The molecule has 1 atom stereocenters. The Bertz CT molecular complexity index is 776. The van der Waals surface area contributed by atoms with Crippen molar-refractivity contribution in [3.8, 4) is 5.75 Å². The number of nitrogens with one attached hydrogen (secondary N) is 1. The molecule has 1 amide bonds. The largest absolute Gasteiger partial charge is 0.495 e. The van der Waals surface area contributed by atoms with Crippen molar-refractivity contribution in [2.75, 3.05) is 27.2 Å². The molecule has 0 aliphatic carbocycles. The average Bonchev–Trinajstić information content (AvgIpc) is 2.97. The second kappa shape index (κ2) is 6.40. The van der Waals surface area contributed by atoms with Gasteiger partial charge < -0.3 is 14.7 Å². The van der Waals surface area contributed by atoms with E-state index in [0.717, 1.165) is 0 Å². The van der Waals surface area contributed by atoms with Gasteiger partial charge in [-0.05, 0) is 38.6 Å². The highest BCUT2D eigenvalue weighted by Crippen LogP contribution is 2.32. The third-order valence-corrected chi connectivity index (χ3v) is 5.68. The van der Waals surface area contributed by atoms with Gasteiger partial charge in [-0.15, -0.1) is 0 Å². The fourth-order valence-electron chi connectivity index (χ4n) is 2.62. The van der Waals surface area contributed by atoms with Gasteiger partial charge in [-0.3, -0.25) is 9.59 Å². The number of carboxylic acid groups (broad SMARTS) is 1. The molecule has 0 radical (unpaired) electrons. The number of hydrogen-bond donors (Lipinski definition) is 2. The molecule has 9 heteroatoms. The number of aliphatic carboxylic acids is 1. The van der Waals surface area contributed by atoms with Crippen molar-refractivity contribution in [3.05, 3.63) is 23.8 Å². The normalized spacial score (nSPS) is 20.9. The van der Waals surface area contributed by atoms with Crippen LogP contribution in [0.25, 0.3) is 0 Å². The SMILES string of the molecule is CNS(=O)(=O)c1cc(C(=O)N2CCC(C)(C(=O)O)C2)ccc1OC. The molecule has 1 aromatic rings. The van der Waals surface area contributed by atoms with Crippen LogP contribution in [0.5, 0.6) is 5.75 Å². The first-order valence-corrected chi connectivity index (χ1v) is 8.77. The number of rotatable bonds is 5. The van der Waals surface area contributed by atoms with Crippen molar-refractivity contribution < 1.29 is 27.9 Å². The number of methoxy groups -OCH3 is 1. The van der Waals surface area contributed by atoms with Gasteiger partial charge in [-0.25, -0.2) is 13.1 Å². The zero-order chi connectivity index (χ0) is 18.1. The van der Waals surface area contributed by atoms with Crippen LogP contribution in [0.2, 0.25) is 0 Å². The van der Waals surface area contributed by atoms with E-state index in [1.54, 1.807) is 6.92 Å². The number of ether oxygens (including phenoxy) is 1. The maximum Gasteiger partial charge on any atom is 0.311 e. The number of sulfonamides is 1. The zero-order valence-corrected chi connectivity index (χ0v) is 14.5. The summed E-state index contributed by atoms with van der Waals surface area (Å²) in [6.45, 7) is 1.98. The van der Waals surface area contributed by atoms with E-state index in [0.29, 0.717) is 13.0 Å². The first kappa shape index (κ1) is 18.2. The summed E-state index contributed by atoms with van der Waals surface area (Å²) < 4.78 is 31.4. The second-order valence-electron chi connectivity index (χ2n) is 5.92. The summed E-state index contributed by atoms with van der Waals surface area (Å²) in [6.07, 6.45) is 0.353. The van der Waals surface area contributed by atoms with E-state index >= 15 is 0 Å². The summed E-state index contributed by atoms with van der Waals surface area (Å²) in [4.78, 5) is 25.2. The molecule has 24 heavy (non-hydrogen) atoms. The van der Waals surface area contributed by atoms with Crippen molar-refractivity contribution in [2.24, 2.45) is 5.41 Å². The lowest BCUT2D eigenvalue weighted by Crippen LogP contribution is -2.35. The van der Waals surface area contributed by atoms with Crippen LogP contribution in [0.1, 0.15) is 23.7 Å². The van der Waals surface area contributed by atoms with E-state index in [4.69, 9.17) is 4.74 Å². The average molecular weight is 356 g/mol. The molecule has 0 spiro atoms. The number of nitrogens with zero attached hydrogens (tertiary/aromatic N) is 1. The Morgan fingerprint density at radius 2 is 2.04 bits per heavy atom. The van der Waals surface area contributed by atoms with Crippen molar-refractivity contribution in [1.82, 2.24) is 9.62 Å². The van der Waals surface area contributed by atoms with Gasteiger partial charge in [0, 0.05) is 18.7 Å². The number of hydrogen-bond acceptors (Lipinski definition) is 5. The number of carbonyl (C=O) groups is 2. The highest BCUT2D eigenvalue weighted by atomic mass is 32.2. The topological polar surface area (TPSA) is 113 Å². The summed E-state index contributed by atoms with van der Waals surface area (Å²) in [5.74, 6) is -1.24. The van der Waals surface area contributed by atoms with Gasteiger partial charge in [-0.1, -0.05) is 0 Å². The summed E-state index contributed by atoms with van der Waals surface area (Å²) >= 11 is 0. The molecule has 1 heterocycles. The lowest BCUT2D eigenvalue weighted by atomic mass is 9.90. The van der Waals surface area contributed by atoms with Crippen molar-refractivity contribution in [3.63, 3.8) is 0 Å². The molecular weight excluding hydrogens is 336 g/mol. The molecule has 0 bridgehead atoms. The summed E-state index contributed by atoms with van der Waals surface area (Å²) in [6, 6.07) is 4.11. The molecule has 1 aromatic carbocycles. The van der Waals surface area contributed by atoms with E-state index < -0.39 is 27.3 Å². The second-order valence-corrected chi connectivity index (χ2v) is 7.77. The van der Waals surface area contributed by atoms with Crippen LogP contribution in [0, 0.1) is 5.41 Å². The number of amides is 1. The van der Waals surface area contributed by atoms with Crippen LogP contribution in [0.4, 0.5) is 0 Å². The van der Waals surface area contributed by atoms with E-state index in [-0.39, 0.29) is 22.8 Å². The zero-order valence-electron chi connectivity index (χ0n) is 13.7. The summed E-state index contributed by atoms with van der Waals surface area (Å²) in [5, 5.41) is 9.25. The first-order valence-electron chi connectivity index (χ1n) is 7.29. The maximum absolute atomic E-state index is 12.6. The quantitative estimate of drug-likeness (QED) is 0.796. The van der Waals surface area contributed by atoms with E-state index in [2.05, 4.69) is 4.72 Å². The Kier molecular flexibility index (Phi) is 4.86. The Hall–Kier alpha value is -2.13. The van der Waals surface area contributed by atoms with Gasteiger partial charge in [0.05, 0.1) is 12.5 Å². The number of likely N-dealkylation sites (tertiary alicyclic amines) is 1. The molecule has 1 aliphatic heterocycles. The summed E-state index contributed by atoms with van der Waals surface area (Å²) in [7, 11) is -1.19. The van der Waals surface area contributed by atoms with Crippen molar-refractivity contribution in [1.29, 1.82) is 0 Å². The van der Waals surface area contributed by atoms with Crippen LogP contribution >= 0.6 is 0 Å². The lowest BCUT2D eigenvalue weighted by Gasteiger charge is -2.20. The van der Waals surface area contributed by atoms with E-state index in [9.17, 15) is 23.1 Å². The smallest absolute Gasteiger partial charge is 0.311 e. The Morgan fingerprint density at radius 3 is 2.54 bits per heavy atom. The minimum absolute atomic E-state index is 0.0846. The molecule has 2 N–H and O–H groups in total. The Labute approximate surface area is 140 Å². The predicted molar refractivity (Wildman–Crippen MR) is 85.5 cm³/mol. The number of carbonyl (C=O) groups excluding carboxylic acids is 1. The molecule has 1 saturated heterocycles. The highest BCUT2D eigenvalue weighted by molar-refractivity contribution is 7.89. The summed E-state index contributed by atoms with van der Waals surface area (Å²) in [5.41, 5.74) is -0.818. The molecular formula is C15H20N2O6S. The molecule has 1 fully saturated rings. The fourth-order valence-corrected chi connectivity index (χ4v) is 3.54. The van der Waals surface area contributed by atoms with Gasteiger partial charge >= 0.3 is 5.97 Å². The third kappa shape index (κ3) is 3.22. The maximum atomic E-state index is 12.6. The van der Waals surface area contributed by atoms with E-state index in [1.165, 1.54) is 37.3 Å². The highest BCUT2D eigenvalue weighted by Gasteiger charge is 2.42. The van der Waals surface area contributed by atoms with Crippen LogP contribution in [-0.4, -0.2) is 57.5 Å². The Morgan fingerprint density at radius 1 is 1.38 bits per heavy atom. The van der Waals surface area contributed by atoms with E-state index in [1.807, 2.05) is 0 Å². The fraction of sp³-hybridized carbons (Fsp3) is 0.467. The monoisotopic (exact) mass is 356 g/mol. The Balaban J connectivity index is 2.35. The third-order valence-electron chi connectivity index (χ3n) is 4.25. The van der Waals surface area contributed by atoms with Gasteiger partial charge in [0.15, 0.2) is 0 Å². The predicted octanol–water partition coefficient (Wildman–Crippen LogP) is 0.540. The molecule has 1 unspecified atom stereocenters. The molecule has 2 rings (SSSR count). The lowest BCUT2D eigenvalue weighted by molar-refractivity contribution is -0.147. The molecule has 1 aliphatic rings. The van der Waals surface area contributed by atoms with Crippen molar-refractivity contribution >= 4 is 21.9 Å². The number of benzene rings is 1. The van der Waals surface area contributed by atoms with Gasteiger partial charge in [-0.2, -0.15) is 0 Å². The van der Waals surface area contributed by atoms with Gasteiger partial charge in [0.2, 0.25) is 10.0 Å². The van der Waals surface area contributed by atoms with Crippen LogP contribution in [-0.2, 0) is 14.8 Å². The van der Waals surface area contributed by atoms with Crippen LogP contribution in [0.15, 0.2) is 23.1 Å². The molecule has 8 nitrogen and oxygen atoms in total. The minimum Gasteiger partial charge on any atom is -0.495 e. The minimum atomic E-state index is -3.80. The van der Waals surface area contributed by atoms with Crippen LogP contribution < -0.4 is 9.46 Å². The first-order chi connectivity index (χ1) is 11.1. The van der Waals surface area contributed by atoms with Crippen molar-refractivity contribution in [2.45, 2.75) is 18.2 Å². The number of carboxylic acids is 1. The molecule has 132 valence electrons. The molecule has 0 saturated carbocycles. The van der Waals surface area contributed by atoms with Crippen LogP contribution in [0.3, 0.4) is 0 Å².